The number of hydrogen-bond acceptors (Lipinski definition) is 3. The first-order valence-corrected chi connectivity index (χ1v) is 7.53. The summed E-state index contributed by atoms with van der Waals surface area (Å²) in [6.45, 7) is 3.80. The number of aromatic carboxylic acids is 1. The van der Waals surface area contributed by atoms with Crippen LogP contribution in [0.3, 0.4) is 0 Å². The topological polar surface area (TPSA) is 71.3 Å². The molecule has 120 valence electrons. The molecule has 6 heteroatoms. The van der Waals surface area contributed by atoms with E-state index >= 15 is 0 Å². The van der Waals surface area contributed by atoms with Crippen molar-refractivity contribution in [1.82, 2.24) is 9.88 Å². The van der Waals surface area contributed by atoms with E-state index < -0.39 is 17.2 Å². The van der Waals surface area contributed by atoms with Crippen LogP contribution in [0.25, 0.3) is 16.5 Å². The van der Waals surface area contributed by atoms with Crippen molar-refractivity contribution in [1.29, 1.82) is 0 Å². The molecule has 3 rings (SSSR count). The highest BCUT2D eigenvalue weighted by atomic mass is 19.1. The molecule has 2 heterocycles. The summed E-state index contributed by atoms with van der Waals surface area (Å²) in [7, 11) is 0. The quantitative estimate of drug-likeness (QED) is 0.911. The van der Waals surface area contributed by atoms with E-state index in [0.717, 1.165) is 18.2 Å². The van der Waals surface area contributed by atoms with Gasteiger partial charge in [0, 0.05) is 30.2 Å². The van der Waals surface area contributed by atoms with Gasteiger partial charge < -0.3 is 15.0 Å². The molecular formula is C17H17FN2O3. The lowest BCUT2D eigenvalue weighted by Crippen LogP contribution is -2.21. The molecule has 0 fully saturated rings. The monoisotopic (exact) mass is 316 g/mol. The van der Waals surface area contributed by atoms with Crippen LogP contribution in [0.15, 0.2) is 29.2 Å². The van der Waals surface area contributed by atoms with Crippen LogP contribution in [0.1, 0.15) is 29.3 Å². The first-order chi connectivity index (χ1) is 11.0. The second-order valence-electron chi connectivity index (χ2n) is 5.50. The van der Waals surface area contributed by atoms with Gasteiger partial charge in [0.25, 0.3) is 0 Å². The molecule has 0 atom stereocenters. The number of rotatable bonds is 3. The molecule has 0 saturated heterocycles. The number of aryl methyl sites for hydroxylation is 1. The molecule has 1 aromatic heterocycles. The van der Waals surface area contributed by atoms with Gasteiger partial charge in [-0.1, -0.05) is 6.08 Å². The van der Waals surface area contributed by atoms with E-state index in [0.29, 0.717) is 30.6 Å². The third-order valence-corrected chi connectivity index (χ3v) is 4.15. The normalized spacial score (nSPS) is 14.8. The Hall–Kier alpha value is -2.47. The number of halogens is 1. The maximum atomic E-state index is 14.5. The summed E-state index contributed by atoms with van der Waals surface area (Å²) in [5.41, 5.74) is 0.942. The van der Waals surface area contributed by atoms with Crippen molar-refractivity contribution in [2.75, 3.05) is 13.1 Å². The number of carboxylic acid groups (broad SMARTS) is 1. The van der Waals surface area contributed by atoms with Crippen molar-refractivity contribution < 1.29 is 14.3 Å². The number of aromatic nitrogens is 1. The Labute approximate surface area is 132 Å². The second kappa shape index (κ2) is 5.96. The van der Waals surface area contributed by atoms with Crippen LogP contribution in [-0.2, 0) is 6.54 Å². The number of fused-ring (bicyclic) bond motifs is 1. The minimum atomic E-state index is -1.30. The van der Waals surface area contributed by atoms with Crippen molar-refractivity contribution in [3.05, 3.63) is 51.6 Å². The Bertz CT molecular complexity index is 884. The van der Waals surface area contributed by atoms with Crippen molar-refractivity contribution in [3.63, 3.8) is 0 Å². The molecule has 2 N–H and O–H groups in total. The number of nitrogens with one attached hydrogen (secondary N) is 1. The van der Waals surface area contributed by atoms with Gasteiger partial charge in [0.05, 0.1) is 5.52 Å². The largest absolute Gasteiger partial charge is 0.477 e. The van der Waals surface area contributed by atoms with Gasteiger partial charge in [-0.05, 0) is 37.6 Å². The number of pyridine rings is 1. The van der Waals surface area contributed by atoms with Gasteiger partial charge >= 0.3 is 5.97 Å². The number of hydrogen-bond donors (Lipinski definition) is 2. The minimum absolute atomic E-state index is 0.0996. The molecule has 0 spiro atoms. The molecule has 0 bridgehead atoms. The van der Waals surface area contributed by atoms with Crippen LogP contribution < -0.4 is 10.7 Å². The molecular weight excluding hydrogens is 299 g/mol. The van der Waals surface area contributed by atoms with E-state index in [1.165, 1.54) is 6.20 Å². The minimum Gasteiger partial charge on any atom is -0.477 e. The lowest BCUT2D eigenvalue weighted by atomic mass is 9.97. The average Bonchev–Trinajstić information content (AvgIpc) is 2.55. The third-order valence-electron chi connectivity index (χ3n) is 4.15. The predicted molar refractivity (Wildman–Crippen MR) is 86.3 cm³/mol. The van der Waals surface area contributed by atoms with E-state index in [9.17, 15) is 14.0 Å². The molecule has 23 heavy (non-hydrogen) atoms. The summed E-state index contributed by atoms with van der Waals surface area (Å²) >= 11 is 0. The summed E-state index contributed by atoms with van der Waals surface area (Å²) < 4.78 is 16.2. The molecule has 2 aromatic rings. The molecule has 0 radical (unpaired) electrons. The zero-order valence-corrected chi connectivity index (χ0v) is 12.7. The Morgan fingerprint density at radius 2 is 2.22 bits per heavy atom. The molecule has 1 aliphatic rings. The van der Waals surface area contributed by atoms with Crippen molar-refractivity contribution in [3.8, 4) is 0 Å². The van der Waals surface area contributed by atoms with Gasteiger partial charge in [0.1, 0.15) is 11.4 Å². The molecule has 0 amide bonds. The molecule has 0 aliphatic carbocycles. The van der Waals surface area contributed by atoms with Gasteiger partial charge in [-0.25, -0.2) is 9.18 Å². The van der Waals surface area contributed by atoms with Crippen molar-refractivity contribution in [2.45, 2.75) is 19.9 Å². The van der Waals surface area contributed by atoms with Crippen LogP contribution in [0.5, 0.6) is 0 Å². The van der Waals surface area contributed by atoms with E-state index in [4.69, 9.17) is 5.11 Å². The number of nitrogens with zero attached hydrogens (tertiary/aromatic N) is 1. The summed E-state index contributed by atoms with van der Waals surface area (Å²) in [5.74, 6) is -1.79. The number of carbonyl (C=O) groups is 1. The van der Waals surface area contributed by atoms with Crippen LogP contribution in [0.4, 0.5) is 4.39 Å². The van der Waals surface area contributed by atoms with Crippen LogP contribution in [-0.4, -0.2) is 28.7 Å². The maximum absolute atomic E-state index is 14.5. The fourth-order valence-corrected chi connectivity index (χ4v) is 2.94. The number of carboxylic acids is 1. The summed E-state index contributed by atoms with van der Waals surface area (Å²) in [4.78, 5) is 23.5. The average molecular weight is 316 g/mol. The highest BCUT2D eigenvalue weighted by molar-refractivity contribution is 5.93. The summed E-state index contributed by atoms with van der Waals surface area (Å²) in [6.07, 6.45) is 3.98. The van der Waals surface area contributed by atoms with Crippen molar-refractivity contribution >= 4 is 22.4 Å². The Kier molecular flexibility index (Phi) is 4.00. The van der Waals surface area contributed by atoms with E-state index in [2.05, 4.69) is 5.32 Å². The van der Waals surface area contributed by atoms with Crippen LogP contribution >= 0.6 is 0 Å². The van der Waals surface area contributed by atoms with Crippen molar-refractivity contribution in [2.24, 2.45) is 0 Å². The zero-order valence-electron chi connectivity index (χ0n) is 12.7. The highest BCUT2D eigenvalue weighted by Crippen LogP contribution is 2.26. The van der Waals surface area contributed by atoms with Gasteiger partial charge in [-0.2, -0.15) is 0 Å². The standard InChI is InChI=1S/C17H17FN2O3/c1-2-20-9-13(17(22)23)16(21)12-7-14(18)11(8-15(12)20)10-3-5-19-6-4-10/h3,7-9,19H,2,4-6H2,1H3,(H,22,23). The van der Waals surface area contributed by atoms with Crippen LogP contribution in [0, 0.1) is 5.82 Å². The Morgan fingerprint density at radius 1 is 1.43 bits per heavy atom. The van der Waals surface area contributed by atoms with E-state index in [1.807, 2.05) is 13.0 Å². The number of benzene rings is 1. The highest BCUT2D eigenvalue weighted by Gasteiger charge is 2.18. The summed E-state index contributed by atoms with van der Waals surface area (Å²) in [6, 6.07) is 2.81. The zero-order chi connectivity index (χ0) is 16.6. The predicted octanol–water partition coefficient (Wildman–Crippen LogP) is 2.24. The SMILES string of the molecule is CCn1cc(C(=O)O)c(=O)c2cc(F)c(C3=CCNCC3)cc21. The molecule has 0 unspecified atom stereocenters. The first kappa shape index (κ1) is 15.4. The smallest absolute Gasteiger partial charge is 0.341 e. The van der Waals surface area contributed by atoms with E-state index in [-0.39, 0.29) is 10.9 Å². The molecule has 0 saturated carbocycles. The van der Waals surface area contributed by atoms with Gasteiger partial charge in [0.2, 0.25) is 5.43 Å². The molecule has 1 aliphatic heterocycles. The van der Waals surface area contributed by atoms with Gasteiger partial charge in [0.15, 0.2) is 0 Å². The molecule has 5 nitrogen and oxygen atoms in total. The Morgan fingerprint density at radius 3 is 2.83 bits per heavy atom. The van der Waals surface area contributed by atoms with E-state index in [1.54, 1.807) is 10.6 Å². The lowest BCUT2D eigenvalue weighted by molar-refractivity contribution is 0.0695. The first-order valence-electron chi connectivity index (χ1n) is 7.53. The lowest BCUT2D eigenvalue weighted by Gasteiger charge is -2.17. The fourth-order valence-electron chi connectivity index (χ4n) is 2.94. The fraction of sp³-hybridized carbons (Fsp3) is 0.294. The van der Waals surface area contributed by atoms with Gasteiger partial charge in [-0.15, -0.1) is 0 Å². The Balaban J connectivity index is 2.31. The second-order valence-corrected chi connectivity index (χ2v) is 5.50. The summed E-state index contributed by atoms with van der Waals surface area (Å²) in [5, 5.41) is 12.4. The van der Waals surface area contributed by atoms with Gasteiger partial charge in [-0.3, -0.25) is 4.79 Å². The maximum Gasteiger partial charge on any atom is 0.341 e. The third kappa shape index (κ3) is 2.66. The van der Waals surface area contributed by atoms with Crippen LogP contribution in [0.2, 0.25) is 0 Å². The molecule has 1 aromatic carbocycles.